The van der Waals surface area contributed by atoms with Crippen LogP contribution < -0.4 is 4.74 Å². The average molecular weight is 517 g/mol. The van der Waals surface area contributed by atoms with Crippen LogP contribution in [0.5, 0.6) is 5.75 Å². The van der Waals surface area contributed by atoms with Crippen molar-refractivity contribution in [1.82, 2.24) is 0 Å². The maximum Gasteiger partial charge on any atom is 0.332 e. The summed E-state index contributed by atoms with van der Waals surface area (Å²) < 4.78 is 33.2. The minimum Gasteiger partial charge on any atom is -0.497 e. The minimum absolute atomic E-state index is 0.00374. The van der Waals surface area contributed by atoms with E-state index in [1.165, 1.54) is 0 Å². The van der Waals surface area contributed by atoms with Crippen molar-refractivity contribution in [1.29, 1.82) is 0 Å². The van der Waals surface area contributed by atoms with Crippen LogP contribution in [0.1, 0.15) is 38.8 Å². The third kappa shape index (κ3) is 12.9. The Morgan fingerprint density at radius 2 is 1.59 bits per heavy atom. The summed E-state index contributed by atoms with van der Waals surface area (Å²) in [4.78, 5) is 12.2. The van der Waals surface area contributed by atoms with Crippen LogP contribution in [0.2, 0.25) is 0 Å². The predicted molar refractivity (Wildman–Crippen MR) is 140 cm³/mol. The quantitative estimate of drug-likeness (QED) is 0.152. The zero-order valence-corrected chi connectivity index (χ0v) is 22.4. The van der Waals surface area contributed by atoms with Crippen molar-refractivity contribution in [3.63, 3.8) is 0 Å². The van der Waals surface area contributed by atoms with E-state index in [4.69, 9.17) is 28.4 Å². The molecule has 0 unspecified atom stereocenters. The average Bonchev–Trinajstić information content (AvgIpc) is 2.86. The van der Waals surface area contributed by atoms with E-state index in [9.17, 15) is 9.90 Å². The summed E-state index contributed by atoms with van der Waals surface area (Å²) in [5, 5.41) is 10.8. The van der Waals surface area contributed by atoms with Gasteiger partial charge in [-0.2, -0.15) is 0 Å². The van der Waals surface area contributed by atoms with E-state index in [2.05, 4.69) is 0 Å². The van der Waals surface area contributed by atoms with E-state index >= 15 is 0 Å². The molecule has 2 rings (SSSR count). The lowest BCUT2D eigenvalue weighted by Crippen LogP contribution is -2.41. The lowest BCUT2D eigenvalue weighted by molar-refractivity contribution is -0.176. The molecule has 0 aliphatic rings. The highest BCUT2D eigenvalue weighted by Gasteiger charge is 2.27. The van der Waals surface area contributed by atoms with Gasteiger partial charge in [0.1, 0.15) is 37.0 Å². The van der Waals surface area contributed by atoms with Crippen LogP contribution in [0.25, 0.3) is 0 Å². The molecule has 1 N–H and O–H groups in total. The summed E-state index contributed by atoms with van der Waals surface area (Å²) >= 11 is 0. The normalized spacial score (nSPS) is 14.3. The summed E-state index contributed by atoms with van der Waals surface area (Å²) in [5.74, 6) is 0.259. The van der Waals surface area contributed by atoms with Crippen LogP contribution in [-0.4, -0.2) is 62.1 Å². The topological polar surface area (TPSA) is 92.7 Å². The number of rotatable bonds is 16. The largest absolute Gasteiger partial charge is 0.497 e. The zero-order valence-electron chi connectivity index (χ0n) is 22.4. The number of methoxy groups -OCH3 is 1. The summed E-state index contributed by atoms with van der Waals surface area (Å²) in [5.41, 5.74) is 1.39. The second kappa shape index (κ2) is 16.2. The Hall–Kier alpha value is -2.75. The van der Waals surface area contributed by atoms with Crippen molar-refractivity contribution >= 4 is 5.97 Å². The van der Waals surface area contributed by atoms with Crippen LogP contribution in [-0.2, 0) is 41.7 Å². The fourth-order valence-electron chi connectivity index (χ4n) is 3.30. The molecule has 2 aromatic rings. The highest BCUT2D eigenvalue weighted by molar-refractivity contribution is 5.71. The van der Waals surface area contributed by atoms with Gasteiger partial charge in [-0.1, -0.05) is 54.6 Å². The van der Waals surface area contributed by atoms with E-state index < -0.39 is 29.9 Å². The Labute approximate surface area is 220 Å². The predicted octanol–water partition coefficient (Wildman–Crippen LogP) is 4.44. The molecule has 8 heteroatoms. The Balaban J connectivity index is 1.86. The highest BCUT2D eigenvalue weighted by Crippen LogP contribution is 2.14. The van der Waals surface area contributed by atoms with Crippen molar-refractivity contribution in [2.75, 3.05) is 27.1 Å². The molecular weight excluding hydrogens is 476 g/mol. The number of esters is 1. The number of aliphatic hydroxyl groups is 1. The molecule has 0 saturated carbocycles. The molecule has 0 amide bonds. The van der Waals surface area contributed by atoms with Crippen LogP contribution in [0.3, 0.4) is 0 Å². The van der Waals surface area contributed by atoms with Crippen LogP contribution in [0.4, 0.5) is 0 Å². The molecule has 204 valence electrons. The van der Waals surface area contributed by atoms with Crippen molar-refractivity contribution in [3.05, 3.63) is 77.9 Å². The lowest BCUT2D eigenvalue weighted by Gasteiger charge is -2.28. The second-order valence-corrected chi connectivity index (χ2v) is 9.47. The first-order valence-corrected chi connectivity index (χ1v) is 12.3. The molecule has 0 heterocycles. The van der Waals surface area contributed by atoms with Crippen molar-refractivity contribution in [2.24, 2.45) is 0 Å². The summed E-state index contributed by atoms with van der Waals surface area (Å²) in [6.45, 7) is 7.88. The number of hydrogen-bond donors (Lipinski definition) is 1. The van der Waals surface area contributed by atoms with Gasteiger partial charge < -0.3 is 33.5 Å². The zero-order chi connectivity index (χ0) is 27.1. The van der Waals surface area contributed by atoms with E-state index in [1.54, 1.807) is 47.0 Å². The molecule has 0 radical (unpaired) electrons. The van der Waals surface area contributed by atoms with Crippen LogP contribution in [0.15, 0.2) is 66.7 Å². The molecule has 3 atom stereocenters. The summed E-state index contributed by atoms with van der Waals surface area (Å²) in [6, 6.07) is 17.3. The van der Waals surface area contributed by atoms with Crippen LogP contribution in [0, 0.1) is 0 Å². The molecule has 0 fully saturated rings. The van der Waals surface area contributed by atoms with Crippen molar-refractivity contribution in [3.8, 4) is 5.75 Å². The Kier molecular flexibility index (Phi) is 13.3. The minimum atomic E-state index is -1.05. The number of hydrogen-bond acceptors (Lipinski definition) is 8. The number of ether oxygens (including phenoxy) is 6. The van der Waals surface area contributed by atoms with Gasteiger partial charge in [0.2, 0.25) is 0 Å². The van der Waals surface area contributed by atoms with E-state index in [0.717, 1.165) is 16.9 Å². The Bertz CT molecular complexity index is 921. The summed E-state index contributed by atoms with van der Waals surface area (Å²) in [7, 11) is 1.62. The first-order chi connectivity index (χ1) is 17.7. The molecule has 0 aromatic heterocycles. The molecule has 37 heavy (non-hydrogen) atoms. The molecule has 0 spiro atoms. The lowest BCUT2D eigenvalue weighted by atomic mass is 10.1. The maximum atomic E-state index is 12.2. The third-order valence-electron chi connectivity index (χ3n) is 5.11. The second-order valence-electron chi connectivity index (χ2n) is 9.47. The monoisotopic (exact) mass is 516 g/mol. The van der Waals surface area contributed by atoms with Gasteiger partial charge in [-0.3, -0.25) is 0 Å². The first kappa shape index (κ1) is 30.5. The molecule has 8 nitrogen and oxygen atoms in total. The fraction of sp³-hybridized carbons (Fsp3) is 0.483. The Morgan fingerprint density at radius 1 is 0.946 bits per heavy atom. The van der Waals surface area contributed by atoms with Gasteiger partial charge in [0.15, 0.2) is 0 Å². The van der Waals surface area contributed by atoms with E-state index in [1.807, 2.05) is 54.6 Å². The smallest absolute Gasteiger partial charge is 0.332 e. The third-order valence-corrected chi connectivity index (χ3v) is 5.11. The van der Waals surface area contributed by atoms with Gasteiger partial charge in [-0.15, -0.1) is 0 Å². The standard InChI is InChI=1S/C29H40O8/c1-22(36-21-34-19-23-10-7-6-8-11-23)28(35-20-27(31)37-29(2,3)4)26(30)12-9-17-33-18-24-13-15-25(32-5)16-14-24/h6-16,22,26,28,30H,17-21H2,1-5H3/b12-9+/t22-,26-,28-/m0/s1. The van der Waals surface area contributed by atoms with Gasteiger partial charge in [-0.05, 0) is 51.0 Å². The molecule has 0 aliphatic carbocycles. The summed E-state index contributed by atoms with van der Waals surface area (Å²) in [6.07, 6.45) is 0.828. The SMILES string of the molecule is COc1ccc(COC/C=C/[C@H](O)[C@@H](OCC(=O)OC(C)(C)C)[C@H](C)OCOCc2ccccc2)cc1. The first-order valence-electron chi connectivity index (χ1n) is 12.3. The fourth-order valence-corrected chi connectivity index (χ4v) is 3.30. The molecular formula is C29H40O8. The van der Waals surface area contributed by atoms with Crippen molar-refractivity contribution in [2.45, 2.75) is 64.8 Å². The van der Waals surface area contributed by atoms with Crippen molar-refractivity contribution < 1.29 is 38.3 Å². The maximum absolute atomic E-state index is 12.2. The van der Waals surface area contributed by atoms with E-state index in [-0.39, 0.29) is 20.0 Å². The van der Waals surface area contributed by atoms with Gasteiger partial charge in [0.25, 0.3) is 0 Å². The number of carbonyl (C=O) groups is 1. The molecule has 2 aromatic carbocycles. The van der Waals surface area contributed by atoms with Crippen LogP contribution >= 0.6 is 0 Å². The number of aliphatic hydroxyl groups excluding tert-OH is 1. The molecule has 0 aliphatic heterocycles. The molecule has 0 bridgehead atoms. The van der Waals surface area contributed by atoms with Gasteiger partial charge in [-0.25, -0.2) is 4.79 Å². The van der Waals surface area contributed by atoms with Gasteiger partial charge in [0, 0.05) is 0 Å². The number of benzene rings is 2. The van der Waals surface area contributed by atoms with Gasteiger partial charge >= 0.3 is 5.97 Å². The van der Waals surface area contributed by atoms with E-state index in [0.29, 0.717) is 13.2 Å². The number of carbonyl (C=O) groups excluding carboxylic acids is 1. The van der Waals surface area contributed by atoms with Gasteiger partial charge in [0.05, 0.1) is 33.0 Å². The highest BCUT2D eigenvalue weighted by atomic mass is 16.7. The Morgan fingerprint density at radius 3 is 2.24 bits per heavy atom. The molecule has 0 saturated heterocycles.